The number of benzene rings is 2. The molecular weight excluding hydrogens is 320 g/mol. The van der Waals surface area contributed by atoms with E-state index in [2.05, 4.69) is 43.2 Å². The fourth-order valence-electron chi connectivity index (χ4n) is 3.43. The molecule has 1 aromatic heterocycles. The zero-order chi connectivity index (χ0) is 16.5. The minimum Gasteiger partial charge on any atom is -0.323 e. The standard InChI is InChI=1S/C18H18N4OS/c1-22(16-10-9-12-5-2-3-6-13(12)16)11-17(23)19-14-7-4-8-15-18(14)21-24-20-15/h2-8,16H,9-11H2,1H3,(H,19,23). The Morgan fingerprint density at radius 3 is 3.04 bits per heavy atom. The van der Waals surface area contributed by atoms with Crippen molar-refractivity contribution in [2.45, 2.75) is 18.9 Å². The number of aryl methyl sites for hydroxylation is 1. The largest absolute Gasteiger partial charge is 0.323 e. The molecule has 122 valence electrons. The highest BCUT2D eigenvalue weighted by Crippen LogP contribution is 2.34. The number of fused-ring (bicyclic) bond motifs is 2. The molecule has 3 aromatic rings. The monoisotopic (exact) mass is 338 g/mol. The Balaban J connectivity index is 1.46. The quantitative estimate of drug-likeness (QED) is 0.793. The molecule has 0 bridgehead atoms. The number of anilines is 1. The molecular formula is C18H18N4OS. The van der Waals surface area contributed by atoms with Crippen molar-refractivity contribution in [3.8, 4) is 0 Å². The Morgan fingerprint density at radius 1 is 1.25 bits per heavy atom. The maximum Gasteiger partial charge on any atom is 0.238 e. The average Bonchev–Trinajstić information content (AvgIpc) is 3.22. The van der Waals surface area contributed by atoms with Crippen LogP contribution in [-0.4, -0.2) is 33.1 Å². The second-order valence-corrected chi connectivity index (χ2v) is 6.68. The molecule has 0 fully saturated rings. The molecule has 0 spiro atoms. The summed E-state index contributed by atoms with van der Waals surface area (Å²) < 4.78 is 8.46. The Morgan fingerprint density at radius 2 is 2.12 bits per heavy atom. The van der Waals surface area contributed by atoms with E-state index in [0.717, 1.165) is 41.3 Å². The van der Waals surface area contributed by atoms with Gasteiger partial charge in [0, 0.05) is 6.04 Å². The zero-order valence-corrected chi connectivity index (χ0v) is 14.2. The van der Waals surface area contributed by atoms with Crippen molar-refractivity contribution in [2.75, 3.05) is 18.9 Å². The fourth-order valence-corrected chi connectivity index (χ4v) is 3.98. The topological polar surface area (TPSA) is 58.1 Å². The van der Waals surface area contributed by atoms with Gasteiger partial charge in [-0.1, -0.05) is 30.3 Å². The van der Waals surface area contributed by atoms with Crippen molar-refractivity contribution in [1.29, 1.82) is 0 Å². The summed E-state index contributed by atoms with van der Waals surface area (Å²) in [6, 6.07) is 14.5. The van der Waals surface area contributed by atoms with Crippen LogP contribution in [0.25, 0.3) is 11.0 Å². The zero-order valence-electron chi connectivity index (χ0n) is 13.4. The summed E-state index contributed by atoms with van der Waals surface area (Å²) in [5, 5.41) is 2.97. The summed E-state index contributed by atoms with van der Waals surface area (Å²) in [5.74, 6) is -0.0256. The number of rotatable bonds is 4. The normalized spacial score (nSPS) is 16.5. The number of hydrogen-bond donors (Lipinski definition) is 1. The summed E-state index contributed by atoms with van der Waals surface area (Å²) in [5.41, 5.74) is 5.04. The van der Waals surface area contributed by atoms with Crippen LogP contribution in [-0.2, 0) is 11.2 Å². The van der Waals surface area contributed by atoms with E-state index in [-0.39, 0.29) is 5.91 Å². The molecule has 1 atom stereocenters. The van der Waals surface area contributed by atoms with Crippen molar-refractivity contribution in [3.05, 3.63) is 53.6 Å². The highest BCUT2D eigenvalue weighted by Gasteiger charge is 2.26. The van der Waals surface area contributed by atoms with Gasteiger partial charge in [-0.25, -0.2) is 0 Å². The average molecular weight is 338 g/mol. The number of hydrogen-bond acceptors (Lipinski definition) is 5. The van der Waals surface area contributed by atoms with Gasteiger partial charge in [0.2, 0.25) is 5.91 Å². The van der Waals surface area contributed by atoms with Crippen molar-refractivity contribution in [1.82, 2.24) is 13.6 Å². The Kier molecular flexibility index (Phi) is 4.00. The van der Waals surface area contributed by atoms with Crippen LogP contribution in [0.5, 0.6) is 0 Å². The van der Waals surface area contributed by atoms with E-state index in [0.29, 0.717) is 12.6 Å². The van der Waals surface area contributed by atoms with Gasteiger partial charge >= 0.3 is 0 Å². The van der Waals surface area contributed by atoms with Gasteiger partial charge in [0.1, 0.15) is 11.0 Å². The number of nitrogens with one attached hydrogen (secondary N) is 1. The number of likely N-dealkylation sites (N-methyl/N-ethyl adjacent to an activating group) is 1. The Labute approximate surface area is 144 Å². The van der Waals surface area contributed by atoms with Crippen molar-refractivity contribution in [3.63, 3.8) is 0 Å². The molecule has 5 nitrogen and oxygen atoms in total. The predicted octanol–water partition coefficient (Wildman–Crippen LogP) is 3.25. The van der Waals surface area contributed by atoms with Crippen LogP contribution >= 0.6 is 11.7 Å². The van der Waals surface area contributed by atoms with Gasteiger partial charge in [-0.15, -0.1) is 0 Å². The van der Waals surface area contributed by atoms with E-state index in [1.54, 1.807) is 0 Å². The van der Waals surface area contributed by atoms with Crippen molar-refractivity contribution in [2.24, 2.45) is 0 Å². The highest BCUT2D eigenvalue weighted by molar-refractivity contribution is 7.00. The second-order valence-electron chi connectivity index (χ2n) is 6.15. The Hall–Kier alpha value is -2.31. The molecule has 0 saturated heterocycles. The van der Waals surface area contributed by atoms with Gasteiger partial charge in [0.25, 0.3) is 0 Å². The SMILES string of the molecule is CN(CC(=O)Nc1cccc2nsnc12)C1CCc2ccccc21. The molecule has 6 heteroatoms. The summed E-state index contributed by atoms with van der Waals surface area (Å²) >= 11 is 1.16. The summed E-state index contributed by atoms with van der Waals surface area (Å²) in [4.78, 5) is 14.6. The lowest BCUT2D eigenvalue weighted by atomic mass is 10.1. The Bertz CT molecular complexity index is 891. The third-order valence-corrected chi connectivity index (χ3v) is 5.13. The summed E-state index contributed by atoms with van der Waals surface area (Å²) in [6.45, 7) is 0.354. The van der Waals surface area contributed by atoms with E-state index in [9.17, 15) is 4.79 Å². The molecule has 2 aromatic carbocycles. The first kappa shape index (κ1) is 15.2. The first-order valence-electron chi connectivity index (χ1n) is 8.01. The van der Waals surface area contributed by atoms with Crippen molar-refractivity contribution >= 4 is 34.4 Å². The number of carbonyl (C=O) groups excluding carboxylic acids is 1. The van der Waals surface area contributed by atoms with E-state index in [1.165, 1.54) is 11.1 Å². The fraction of sp³-hybridized carbons (Fsp3) is 0.278. The lowest BCUT2D eigenvalue weighted by Crippen LogP contribution is -2.32. The molecule has 1 N–H and O–H groups in total. The van der Waals surface area contributed by atoms with E-state index < -0.39 is 0 Å². The molecule has 1 aliphatic rings. The van der Waals surface area contributed by atoms with Crippen LogP contribution in [0, 0.1) is 0 Å². The van der Waals surface area contributed by atoms with E-state index in [4.69, 9.17) is 0 Å². The maximum absolute atomic E-state index is 12.5. The summed E-state index contributed by atoms with van der Waals surface area (Å²) in [7, 11) is 2.01. The van der Waals surface area contributed by atoms with E-state index in [1.807, 2.05) is 25.2 Å². The number of amides is 1. The molecule has 4 rings (SSSR count). The van der Waals surface area contributed by atoms with Crippen LogP contribution in [0.15, 0.2) is 42.5 Å². The van der Waals surface area contributed by atoms with Crippen LogP contribution in [0.2, 0.25) is 0 Å². The molecule has 0 aliphatic heterocycles. The maximum atomic E-state index is 12.5. The smallest absolute Gasteiger partial charge is 0.238 e. The third kappa shape index (κ3) is 2.79. The lowest BCUT2D eigenvalue weighted by Gasteiger charge is -2.24. The van der Waals surface area contributed by atoms with Gasteiger partial charge in [-0.3, -0.25) is 9.69 Å². The van der Waals surface area contributed by atoms with Crippen LogP contribution in [0.3, 0.4) is 0 Å². The predicted molar refractivity (Wildman–Crippen MR) is 96.2 cm³/mol. The highest BCUT2D eigenvalue weighted by atomic mass is 32.1. The van der Waals surface area contributed by atoms with Crippen LogP contribution in [0.1, 0.15) is 23.6 Å². The van der Waals surface area contributed by atoms with Crippen LogP contribution < -0.4 is 5.32 Å². The van der Waals surface area contributed by atoms with Gasteiger partial charge < -0.3 is 5.32 Å². The van der Waals surface area contributed by atoms with Gasteiger partial charge in [0.15, 0.2) is 0 Å². The van der Waals surface area contributed by atoms with Gasteiger partial charge in [-0.05, 0) is 43.1 Å². The third-order valence-electron chi connectivity index (χ3n) is 4.59. The first-order valence-corrected chi connectivity index (χ1v) is 8.74. The van der Waals surface area contributed by atoms with Gasteiger partial charge in [0.05, 0.1) is 24.0 Å². The first-order chi connectivity index (χ1) is 11.7. The number of nitrogens with zero attached hydrogens (tertiary/aromatic N) is 3. The minimum atomic E-state index is -0.0256. The minimum absolute atomic E-state index is 0.0256. The molecule has 0 radical (unpaired) electrons. The van der Waals surface area contributed by atoms with Crippen molar-refractivity contribution < 1.29 is 4.79 Å². The number of aromatic nitrogens is 2. The van der Waals surface area contributed by atoms with Crippen LogP contribution in [0.4, 0.5) is 5.69 Å². The molecule has 1 aliphatic carbocycles. The molecule has 24 heavy (non-hydrogen) atoms. The lowest BCUT2D eigenvalue weighted by molar-refractivity contribution is -0.117. The van der Waals surface area contributed by atoms with E-state index >= 15 is 0 Å². The molecule has 1 amide bonds. The number of carbonyl (C=O) groups is 1. The summed E-state index contributed by atoms with van der Waals surface area (Å²) in [6.07, 6.45) is 2.14. The molecule has 1 heterocycles. The van der Waals surface area contributed by atoms with Gasteiger partial charge in [-0.2, -0.15) is 8.75 Å². The molecule has 1 unspecified atom stereocenters. The molecule has 0 saturated carbocycles. The second kappa shape index (κ2) is 6.30.